The van der Waals surface area contributed by atoms with E-state index in [2.05, 4.69) is 15.0 Å². The summed E-state index contributed by atoms with van der Waals surface area (Å²) in [6, 6.07) is 0. The van der Waals surface area contributed by atoms with Crippen LogP contribution in [0.1, 0.15) is 33.9 Å². The molecular weight excluding hydrogens is 437 g/mol. The van der Waals surface area contributed by atoms with Gasteiger partial charge in [0.15, 0.2) is 11.5 Å². The molecule has 4 N–H and O–H groups in total. The fraction of sp³-hybridized carbons (Fsp3) is 0.706. The Kier molecular flexibility index (Phi) is 9.58. The van der Waals surface area contributed by atoms with Gasteiger partial charge in [-0.05, 0) is 32.4 Å². The van der Waals surface area contributed by atoms with Crippen LogP contribution in [0.3, 0.4) is 0 Å². The van der Waals surface area contributed by atoms with Crippen LogP contribution in [0.15, 0.2) is 6.33 Å². The summed E-state index contributed by atoms with van der Waals surface area (Å²) in [5.41, 5.74) is 5.48. The van der Waals surface area contributed by atoms with E-state index >= 15 is 0 Å². The molecule has 2 atom stereocenters. The third-order valence-electron chi connectivity index (χ3n) is 4.24. The Morgan fingerprint density at radius 3 is 2.40 bits per heavy atom. The van der Waals surface area contributed by atoms with E-state index in [1.165, 1.54) is 6.33 Å². The van der Waals surface area contributed by atoms with Crippen LogP contribution >= 0.6 is 20.2 Å². The number of hydrogen-bond acceptors (Lipinski definition) is 10. The molecule has 30 heavy (non-hydrogen) atoms. The normalized spacial score (nSPS) is 14.5. The molecule has 0 amide bonds. The number of nitrogen functional groups attached to an aromatic ring is 1. The fourth-order valence-electron chi connectivity index (χ4n) is 2.60. The molecule has 170 valence electrons. The molecule has 0 aliphatic rings. The number of nitrogens with zero attached hydrogens (tertiary/aromatic N) is 4. The second-order valence-electron chi connectivity index (χ2n) is 6.83. The summed E-state index contributed by atoms with van der Waals surface area (Å²) >= 11 is 5.96. The molecule has 0 aliphatic heterocycles. The Labute approximate surface area is 181 Å². The minimum Gasteiger partial charge on any atom is -0.396 e. The number of nitrogens with two attached hydrogens (primary N) is 1. The van der Waals surface area contributed by atoms with Gasteiger partial charge >= 0.3 is 8.60 Å². The van der Waals surface area contributed by atoms with Crippen molar-refractivity contribution < 1.29 is 28.5 Å². The van der Waals surface area contributed by atoms with Gasteiger partial charge < -0.3 is 34.3 Å². The second kappa shape index (κ2) is 11.4. The van der Waals surface area contributed by atoms with Crippen molar-refractivity contribution in [1.29, 1.82) is 0 Å². The molecule has 2 heterocycles. The van der Waals surface area contributed by atoms with Crippen LogP contribution in [0.2, 0.25) is 5.28 Å². The number of imidazole rings is 1. The Hall–Kier alpha value is -1.17. The molecule has 0 fully saturated rings. The Bertz CT molecular complexity index is 802. The second-order valence-corrected chi connectivity index (χ2v) is 8.39. The van der Waals surface area contributed by atoms with Crippen molar-refractivity contribution in [3.05, 3.63) is 11.6 Å². The highest BCUT2D eigenvalue weighted by Crippen LogP contribution is 2.40. The molecule has 0 saturated heterocycles. The first kappa shape index (κ1) is 25.1. The minimum absolute atomic E-state index is 0.0503. The zero-order valence-corrected chi connectivity index (χ0v) is 19.1. The topological polar surface area (TPSA) is 147 Å². The summed E-state index contributed by atoms with van der Waals surface area (Å²) < 4.78 is 24.3. The van der Waals surface area contributed by atoms with E-state index in [0.29, 0.717) is 24.4 Å². The summed E-state index contributed by atoms with van der Waals surface area (Å²) in [6.45, 7) is 7.54. The van der Waals surface area contributed by atoms with Crippen molar-refractivity contribution in [1.82, 2.24) is 19.5 Å². The maximum absolute atomic E-state index is 9.98. The van der Waals surface area contributed by atoms with Gasteiger partial charge in [0.2, 0.25) is 5.28 Å². The van der Waals surface area contributed by atoms with Gasteiger partial charge in [-0.15, -0.1) is 0 Å². The maximum atomic E-state index is 9.98. The molecule has 11 nitrogen and oxygen atoms in total. The molecule has 0 aliphatic carbocycles. The molecular formula is C17H29ClN5O6P. The van der Waals surface area contributed by atoms with Crippen LogP contribution in [-0.2, 0) is 18.3 Å². The lowest BCUT2D eigenvalue weighted by Gasteiger charge is -2.36. The van der Waals surface area contributed by atoms with Gasteiger partial charge in [0.05, 0.1) is 50.9 Å². The SMILES string of the molecule is CCOP(OCC)OC[C@H](C)OC(n1cnc2c(N)nc(Cl)nc21)C(C)(CO)CO. The van der Waals surface area contributed by atoms with Gasteiger partial charge in [-0.25, -0.2) is 4.98 Å². The van der Waals surface area contributed by atoms with Gasteiger partial charge in [0.25, 0.3) is 0 Å². The van der Waals surface area contributed by atoms with E-state index < -0.39 is 26.3 Å². The number of aromatic nitrogens is 4. The number of halogens is 1. The number of aliphatic hydroxyl groups is 2. The minimum atomic E-state index is -1.49. The third-order valence-corrected chi connectivity index (χ3v) is 5.70. The zero-order valence-electron chi connectivity index (χ0n) is 17.5. The highest BCUT2D eigenvalue weighted by atomic mass is 35.5. The zero-order chi connectivity index (χ0) is 22.3. The Morgan fingerprint density at radius 2 is 1.83 bits per heavy atom. The number of fused-ring (bicyclic) bond motifs is 1. The van der Waals surface area contributed by atoms with Gasteiger partial charge in [0, 0.05) is 0 Å². The van der Waals surface area contributed by atoms with Crippen molar-refractivity contribution in [3.8, 4) is 0 Å². The largest absolute Gasteiger partial charge is 0.396 e. The molecule has 0 spiro atoms. The highest BCUT2D eigenvalue weighted by molar-refractivity contribution is 7.41. The first-order valence-corrected chi connectivity index (χ1v) is 11.0. The predicted molar refractivity (Wildman–Crippen MR) is 113 cm³/mol. The number of ether oxygens (including phenoxy) is 1. The van der Waals surface area contributed by atoms with Crippen LogP contribution in [0.5, 0.6) is 0 Å². The van der Waals surface area contributed by atoms with E-state index in [4.69, 9.17) is 35.6 Å². The summed E-state index contributed by atoms with van der Waals surface area (Å²) in [4.78, 5) is 12.3. The standard InChI is InChI=1S/C17H29ClN5O6P/c1-5-26-30(27-6-2)28-7-11(3)29-15(17(4,8-24)9-25)23-10-20-12-13(19)21-16(18)22-14(12)23/h10-11,15,24-25H,5-9H2,1-4H3,(H2,19,21,22)/t11-,15?/m0/s1. The Balaban J connectivity index is 2.29. The van der Waals surface area contributed by atoms with Crippen molar-refractivity contribution in [2.75, 3.05) is 38.8 Å². The van der Waals surface area contributed by atoms with E-state index in [-0.39, 0.29) is 30.9 Å². The van der Waals surface area contributed by atoms with Crippen LogP contribution in [0.4, 0.5) is 5.82 Å². The molecule has 0 bridgehead atoms. The van der Waals surface area contributed by atoms with Crippen molar-refractivity contribution >= 4 is 37.2 Å². The van der Waals surface area contributed by atoms with Gasteiger partial charge in [-0.2, -0.15) is 9.97 Å². The molecule has 2 rings (SSSR count). The molecule has 1 unspecified atom stereocenters. The molecule has 2 aromatic heterocycles. The number of rotatable bonds is 13. The smallest absolute Gasteiger partial charge is 0.332 e. The van der Waals surface area contributed by atoms with Gasteiger partial charge in [-0.3, -0.25) is 4.57 Å². The van der Waals surface area contributed by atoms with Crippen LogP contribution in [-0.4, -0.2) is 68.9 Å². The number of hydrogen-bond donors (Lipinski definition) is 3. The molecule has 0 aromatic carbocycles. The van der Waals surface area contributed by atoms with Crippen molar-refractivity contribution in [2.24, 2.45) is 5.41 Å². The van der Waals surface area contributed by atoms with E-state index in [1.807, 2.05) is 13.8 Å². The lowest BCUT2D eigenvalue weighted by Crippen LogP contribution is -2.40. The number of anilines is 1. The van der Waals surface area contributed by atoms with Gasteiger partial charge in [0.1, 0.15) is 11.7 Å². The maximum Gasteiger partial charge on any atom is 0.332 e. The predicted octanol–water partition coefficient (Wildman–Crippen LogP) is 2.27. The Morgan fingerprint density at radius 1 is 1.20 bits per heavy atom. The fourth-order valence-corrected chi connectivity index (χ4v) is 3.75. The monoisotopic (exact) mass is 465 g/mol. The van der Waals surface area contributed by atoms with Gasteiger partial charge in [-0.1, -0.05) is 6.92 Å². The van der Waals surface area contributed by atoms with E-state index in [9.17, 15) is 10.2 Å². The van der Waals surface area contributed by atoms with E-state index in [1.54, 1.807) is 18.4 Å². The quantitative estimate of drug-likeness (QED) is 0.297. The summed E-state index contributed by atoms with van der Waals surface area (Å²) in [7, 11) is -1.49. The summed E-state index contributed by atoms with van der Waals surface area (Å²) in [5.74, 6) is 0.118. The van der Waals surface area contributed by atoms with Crippen molar-refractivity contribution in [2.45, 2.75) is 40.0 Å². The summed E-state index contributed by atoms with van der Waals surface area (Å²) in [5, 5.41) is 19.9. The van der Waals surface area contributed by atoms with Crippen LogP contribution < -0.4 is 5.73 Å². The highest BCUT2D eigenvalue weighted by Gasteiger charge is 2.38. The average molecular weight is 466 g/mol. The van der Waals surface area contributed by atoms with E-state index in [0.717, 1.165) is 0 Å². The first-order valence-electron chi connectivity index (χ1n) is 9.51. The summed E-state index contributed by atoms with van der Waals surface area (Å²) in [6.07, 6.45) is 0.151. The number of aliphatic hydroxyl groups excluding tert-OH is 2. The van der Waals surface area contributed by atoms with Crippen LogP contribution in [0.25, 0.3) is 11.2 Å². The molecule has 0 saturated carbocycles. The third kappa shape index (κ3) is 5.95. The molecule has 2 aromatic rings. The first-order chi connectivity index (χ1) is 14.3. The molecule has 13 heteroatoms. The molecule has 0 radical (unpaired) electrons. The lowest BCUT2D eigenvalue weighted by atomic mass is 9.90. The van der Waals surface area contributed by atoms with Crippen LogP contribution in [0, 0.1) is 5.41 Å². The average Bonchev–Trinajstić information content (AvgIpc) is 3.13. The lowest BCUT2D eigenvalue weighted by molar-refractivity contribution is -0.152. The van der Waals surface area contributed by atoms with Crippen molar-refractivity contribution in [3.63, 3.8) is 0 Å².